The number of aromatic amines is 2. The van der Waals surface area contributed by atoms with Gasteiger partial charge in [-0.25, -0.2) is 9.97 Å². The molecule has 126 valence electrons. The highest BCUT2D eigenvalue weighted by molar-refractivity contribution is 6.35. The molecule has 0 saturated carbocycles. The molecule has 3 aromatic heterocycles. The largest absolute Gasteiger partial charge is 0.354 e. The lowest BCUT2D eigenvalue weighted by atomic mass is 10.3. The van der Waals surface area contributed by atoms with E-state index in [2.05, 4.69) is 19.9 Å². The fraction of sp³-hybridized carbons (Fsp3) is 0. The number of fused-ring (bicyclic) bond motifs is 8. The highest BCUT2D eigenvalue weighted by atomic mass is 35.5. The van der Waals surface area contributed by atoms with Crippen LogP contribution in [0.5, 0.6) is 0 Å². The first-order valence-corrected chi connectivity index (χ1v) is 8.83. The van der Waals surface area contributed by atoms with E-state index in [1.54, 1.807) is 0 Å². The van der Waals surface area contributed by atoms with Crippen LogP contribution >= 0.6 is 23.2 Å². The van der Waals surface area contributed by atoms with Crippen molar-refractivity contribution < 1.29 is 0 Å². The summed E-state index contributed by atoms with van der Waals surface area (Å²) in [6.45, 7) is 0. The van der Waals surface area contributed by atoms with Gasteiger partial charge in [-0.1, -0.05) is 23.2 Å². The molecule has 2 N–H and O–H groups in total. The quantitative estimate of drug-likeness (QED) is 0.349. The maximum absolute atomic E-state index is 6.53. The summed E-state index contributed by atoms with van der Waals surface area (Å²) in [5, 5.41) is 1.16. The van der Waals surface area contributed by atoms with E-state index in [9.17, 15) is 0 Å². The van der Waals surface area contributed by atoms with Gasteiger partial charge in [0.05, 0.1) is 43.9 Å². The molecule has 0 spiro atoms. The fourth-order valence-corrected chi connectivity index (χ4v) is 3.44. The van der Waals surface area contributed by atoms with Gasteiger partial charge in [-0.15, -0.1) is 0 Å². The fourth-order valence-electron chi connectivity index (χ4n) is 3.00. The van der Waals surface area contributed by atoms with E-state index in [-0.39, 0.29) is 0 Å². The number of hydrogen-bond acceptors (Lipinski definition) is 2. The summed E-state index contributed by atoms with van der Waals surface area (Å²) in [4.78, 5) is 15.8. The van der Waals surface area contributed by atoms with Crippen LogP contribution in [0.25, 0.3) is 46.4 Å². The molecule has 5 heterocycles. The highest BCUT2D eigenvalue weighted by Crippen LogP contribution is 2.26. The molecule has 0 fully saturated rings. The zero-order chi connectivity index (χ0) is 17.7. The minimum Gasteiger partial charge on any atom is -0.354 e. The van der Waals surface area contributed by atoms with E-state index in [1.807, 2.05) is 60.7 Å². The van der Waals surface area contributed by atoms with Crippen LogP contribution in [-0.4, -0.2) is 19.9 Å². The van der Waals surface area contributed by atoms with Crippen molar-refractivity contribution in [1.29, 1.82) is 0 Å². The Balaban J connectivity index is 1.91. The molecular formula is C20H12Cl2N4. The zero-order valence-corrected chi connectivity index (χ0v) is 14.9. The number of hydrogen-bond donors (Lipinski definition) is 2. The van der Waals surface area contributed by atoms with Gasteiger partial charge in [0, 0.05) is 11.0 Å². The Hall–Kier alpha value is -2.82. The molecule has 0 saturated heterocycles. The Morgan fingerprint density at radius 2 is 1.12 bits per heavy atom. The summed E-state index contributed by atoms with van der Waals surface area (Å²) in [7, 11) is 0. The van der Waals surface area contributed by atoms with Crippen molar-refractivity contribution in [2.24, 2.45) is 0 Å². The van der Waals surface area contributed by atoms with Crippen molar-refractivity contribution in [3.8, 4) is 0 Å². The van der Waals surface area contributed by atoms with Crippen LogP contribution in [0.3, 0.4) is 0 Å². The molecular weight excluding hydrogens is 367 g/mol. The summed E-state index contributed by atoms with van der Waals surface area (Å²) < 4.78 is 0. The van der Waals surface area contributed by atoms with Crippen molar-refractivity contribution >= 4 is 69.6 Å². The molecule has 26 heavy (non-hydrogen) atoms. The Morgan fingerprint density at radius 1 is 0.615 bits per heavy atom. The second-order valence-electron chi connectivity index (χ2n) is 6.08. The molecule has 8 bridgehead atoms. The zero-order valence-electron chi connectivity index (χ0n) is 13.4. The molecule has 0 amide bonds. The summed E-state index contributed by atoms with van der Waals surface area (Å²) >= 11 is 13.1. The predicted molar refractivity (Wildman–Crippen MR) is 109 cm³/mol. The smallest absolute Gasteiger partial charge is 0.0897 e. The Morgan fingerprint density at radius 3 is 1.62 bits per heavy atom. The van der Waals surface area contributed by atoms with Crippen molar-refractivity contribution in [2.45, 2.75) is 0 Å². The number of nitrogens with one attached hydrogen (secondary N) is 2. The van der Waals surface area contributed by atoms with Crippen molar-refractivity contribution in [3.05, 3.63) is 69.2 Å². The van der Waals surface area contributed by atoms with E-state index < -0.39 is 0 Å². The normalized spacial score (nSPS) is 12.7. The van der Waals surface area contributed by atoms with Gasteiger partial charge in [0.25, 0.3) is 0 Å². The lowest BCUT2D eigenvalue weighted by Gasteiger charge is -1.91. The first-order valence-electron chi connectivity index (χ1n) is 8.07. The third kappa shape index (κ3) is 2.64. The lowest BCUT2D eigenvalue weighted by molar-refractivity contribution is 1.28. The van der Waals surface area contributed by atoms with Gasteiger partial charge in [0.1, 0.15) is 0 Å². The van der Waals surface area contributed by atoms with Crippen molar-refractivity contribution in [3.63, 3.8) is 0 Å². The number of H-pyrrole nitrogens is 2. The Labute approximate surface area is 158 Å². The third-order valence-corrected chi connectivity index (χ3v) is 5.06. The molecule has 0 radical (unpaired) electrons. The molecule has 3 aromatic rings. The van der Waals surface area contributed by atoms with Gasteiger partial charge in [-0.2, -0.15) is 0 Å². The van der Waals surface area contributed by atoms with Crippen LogP contribution in [0.2, 0.25) is 10.0 Å². The van der Waals surface area contributed by atoms with Crippen LogP contribution in [0.1, 0.15) is 22.8 Å². The summed E-state index contributed by atoms with van der Waals surface area (Å²) in [5.41, 5.74) is 6.54. The molecule has 2 aliphatic heterocycles. The second-order valence-corrected chi connectivity index (χ2v) is 6.84. The highest BCUT2D eigenvalue weighted by Gasteiger charge is 2.08. The maximum Gasteiger partial charge on any atom is 0.0897 e. The van der Waals surface area contributed by atoms with E-state index in [1.165, 1.54) is 0 Å². The van der Waals surface area contributed by atoms with Gasteiger partial charge in [-0.05, 0) is 60.7 Å². The first-order chi connectivity index (χ1) is 12.7. The van der Waals surface area contributed by atoms with Crippen LogP contribution in [0.15, 0.2) is 36.4 Å². The molecule has 0 aromatic carbocycles. The second kappa shape index (κ2) is 5.87. The minimum absolute atomic E-state index is 0.580. The van der Waals surface area contributed by atoms with Crippen LogP contribution in [0.4, 0.5) is 0 Å². The number of aromatic nitrogens is 4. The standard InChI is InChI=1S/C20H12Cl2N4/c21-19-15-5-1-11(23-15)9-12-2-6-17(24-12)20(22)18-8-4-14(26-18)10-13-3-7-16(19)25-13/h1-10,23-24H. The average Bonchev–Trinajstić information content (AvgIpc) is 3.41. The number of halogens is 2. The molecule has 0 aliphatic carbocycles. The first kappa shape index (κ1) is 15.4. The average molecular weight is 379 g/mol. The van der Waals surface area contributed by atoms with E-state index in [0.29, 0.717) is 10.0 Å². The molecule has 5 rings (SSSR count). The van der Waals surface area contributed by atoms with Crippen LogP contribution in [0, 0.1) is 0 Å². The number of nitrogens with zero attached hydrogens (tertiary/aromatic N) is 2. The third-order valence-electron chi connectivity index (χ3n) is 4.27. The summed E-state index contributed by atoms with van der Waals surface area (Å²) in [6.07, 6.45) is 7.64. The van der Waals surface area contributed by atoms with Crippen molar-refractivity contribution in [2.75, 3.05) is 0 Å². The lowest BCUT2D eigenvalue weighted by Crippen LogP contribution is -1.80. The van der Waals surface area contributed by atoms with E-state index in [0.717, 1.165) is 44.8 Å². The Kier molecular flexibility index (Phi) is 3.48. The Bertz CT molecular complexity index is 1170. The van der Waals surface area contributed by atoms with Gasteiger partial charge in [-0.3, -0.25) is 0 Å². The van der Waals surface area contributed by atoms with Gasteiger partial charge in [0.15, 0.2) is 0 Å². The topological polar surface area (TPSA) is 57.4 Å². The van der Waals surface area contributed by atoms with Gasteiger partial charge >= 0.3 is 0 Å². The van der Waals surface area contributed by atoms with Crippen LogP contribution in [-0.2, 0) is 0 Å². The summed E-state index contributed by atoms with van der Waals surface area (Å²) in [6, 6.07) is 11.7. The SMILES string of the molecule is Clc1c2nc(cc3nc(c(Cl)c4ccc(cc5ccc1[nH]5)[nH]4)C=C3)C=C2. The molecule has 6 heteroatoms. The predicted octanol–water partition coefficient (Wildman–Crippen LogP) is 5.96. The van der Waals surface area contributed by atoms with Crippen molar-refractivity contribution in [1.82, 2.24) is 19.9 Å². The van der Waals surface area contributed by atoms with Gasteiger partial charge < -0.3 is 9.97 Å². The molecule has 2 aliphatic rings. The molecule has 4 nitrogen and oxygen atoms in total. The monoisotopic (exact) mass is 378 g/mol. The van der Waals surface area contributed by atoms with Gasteiger partial charge in [0.2, 0.25) is 0 Å². The van der Waals surface area contributed by atoms with E-state index in [4.69, 9.17) is 23.2 Å². The molecule has 0 atom stereocenters. The minimum atomic E-state index is 0.580. The maximum atomic E-state index is 6.53. The molecule has 0 unspecified atom stereocenters. The van der Waals surface area contributed by atoms with Crippen LogP contribution < -0.4 is 0 Å². The number of rotatable bonds is 0. The summed E-state index contributed by atoms with van der Waals surface area (Å²) in [5.74, 6) is 0. The van der Waals surface area contributed by atoms with E-state index >= 15 is 0 Å².